The second-order valence-corrected chi connectivity index (χ2v) is 5.51. The minimum atomic E-state index is 0.0809. The molecule has 0 spiro atoms. The topological polar surface area (TPSA) is 38.8 Å². The van der Waals surface area contributed by atoms with Crippen LogP contribution in [0.15, 0.2) is 42.5 Å². The van der Waals surface area contributed by atoms with E-state index in [4.69, 9.17) is 9.47 Å². The summed E-state index contributed by atoms with van der Waals surface area (Å²) >= 11 is 0. The third-order valence-corrected chi connectivity index (χ3v) is 3.80. The van der Waals surface area contributed by atoms with Crippen LogP contribution in [0.4, 0.5) is 5.69 Å². The Hall–Kier alpha value is -2.49. The molecule has 0 N–H and O–H groups in total. The van der Waals surface area contributed by atoms with E-state index in [-0.39, 0.29) is 5.91 Å². The van der Waals surface area contributed by atoms with Gasteiger partial charge in [-0.25, -0.2) is 0 Å². The van der Waals surface area contributed by atoms with Gasteiger partial charge in [0.2, 0.25) is 5.91 Å². The summed E-state index contributed by atoms with van der Waals surface area (Å²) in [4.78, 5) is 14.1. The Morgan fingerprint density at radius 3 is 2.26 bits per heavy atom. The zero-order valence-electron chi connectivity index (χ0n) is 14.1. The van der Waals surface area contributed by atoms with E-state index >= 15 is 0 Å². The van der Waals surface area contributed by atoms with Crippen molar-refractivity contribution in [2.24, 2.45) is 0 Å². The van der Waals surface area contributed by atoms with Gasteiger partial charge in [-0.1, -0.05) is 12.1 Å². The van der Waals surface area contributed by atoms with Crippen molar-refractivity contribution in [1.29, 1.82) is 0 Å². The lowest BCUT2D eigenvalue weighted by molar-refractivity contribution is -0.118. The molecule has 122 valence electrons. The van der Waals surface area contributed by atoms with Gasteiger partial charge in [0.05, 0.1) is 14.2 Å². The molecule has 1 amide bonds. The summed E-state index contributed by atoms with van der Waals surface area (Å²) < 4.78 is 10.5. The molecule has 0 aliphatic rings. The van der Waals surface area contributed by atoms with Gasteiger partial charge in [-0.15, -0.1) is 0 Å². The monoisotopic (exact) mass is 313 g/mol. The number of hydrogen-bond acceptors (Lipinski definition) is 3. The highest BCUT2D eigenvalue weighted by Gasteiger charge is 2.12. The minimum absolute atomic E-state index is 0.0809. The second-order valence-electron chi connectivity index (χ2n) is 5.51. The predicted octanol–water partition coefficient (Wildman–Crippen LogP) is 3.61. The molecule has 0 fully saturated rings. The number of methoxy groups -OCH3 is 2. The number of rotatable bonds is 6. The van der Waals surface area contributed by atoms with Crippen molar-refractivity contribution in [2.45, 2.75) is 19.8 Å². The van der Waals surface area contributed by atoms with E-state index in [1.165, 1.54) is 0 Å². The Morgan fingerprint density at radius 2 is 1.70 bits per heavy atom. The van der Waals surface area contributed by atoms with Gasteiger partial charge in [0.15, 0.2) is 0 Å². The molecule has 4 nitrogen and oxygen atoms in total. The van der Waals surface area contributed by atoms with Gasteiger partial charge in [0, 0.05) is 25.2 Å². The fraction of sp³-hybridized carbons (Fsp3) is 0.316. The first-order chi connectivity index (χ1) is 11.0. The fourth-order valence-corrected chi connectivity index (χ4v) is 2.41. The lowest BCUT2D eigenvalue weighted by atomic mass is 10.1. The normalized spacial score (nSPS) is 10.3. The molecule has 4 heteroatoms. The van der Waals surface area contributed by atoms with Crippen molar-refractivity contribution in [3.05, 3.63) is 53.6 Å². The number of carbonyl (C=O) groups excluding carboxylic acids is 1. The Bertz CT molecular complexity index is 660. The highest BCUT2D eigenvalue weighted by Crippen LogP contribution is 2.24. The van der Waals surface area contributed by atoms with Crippen LogP contribution in [0.25, 0.3) is 0 Å². The predicted molar refractivity (Wildman–Crippen MR) is 92.5 cm³/mol. The van der Waals surface area contributed by atoms with Gasteiger partial charge in [-0.3, -0.25) is 4.79 Å². The van der Waals surface area contributed by atoms with E-state index in [1.54, 1.807) is 19.1 Å². The van der Waals surface area contributed by atoms with Gasteiger partial charge in [-0.05, 0) is 48.7 Å². The van der Waals surface area contributed by atoms with Gasteiger partial charge < -0.3 is 14.4 Å². The van der Waals surface area contributed by atoms with Crippen molar-refractivity contribution in [3.63, 3.8) is 0 Å². The van der Waals surface area contributed by atoms with Crippen LogP contribution in [-0.4, -0.2) is 27.2 Å². The maximum atomic E-state index is 12.4. The lowest BCUT2D eigenvalue weighted by Gasteiger charge is -2.18. The molecule has 0 aliphatic carbocycles. The van der Waals surface area contributed by atoms with Crippen LogP contribution in [0.5, 0.6) is 11.5 Å². The molecule has 0 aromatic heterocycles. The smallest absolute Gasteiger partial charge is 0.227 e. The van der Waals surface area contributed by atoms with Crippen LogP contribution in [0.1, 0.15) is 17.5 Å². The average Bonchev–Trinajstić information content (AvgIpc) is 2.58. The number of carbonyl (C=O) groups is 1. The van der Waals surface area contributed by atoms with Gasteiger partial charge in [0.25, 0.3) is 0 Å². The molecular weight excluding hydrogens is 290 g/mol. The average molecular weight is 313 g/mol. The molecule has 2 aromatic carbocycles. The molecule has 0 saturated carbocycles. The maximum Gasteiger partial charge on any atom is 0.227 e. The third-order valence-electron chi connectivity index (χ3n) is 3.80. The Morgan fingerprint density at radius 1 is 1.04 bits per heavy atom. The number of benzene rings is 2. The molecule has 0 unspecified atom stereocenters. The van der Waals surface area contributed by atoms with Crippen molar-refractivity contribution in [3.8, 4) is 11.5 Å². The van der Waals surface area contributed by atoms with E-state index in [9.17, 15) is 4.79 Å². The molecule has 23 heavy (non-hydrogen) atoms. The molecule has 2 rings (SSSR count). The van der Waals surface area contributed by atoms with E-state index < -0.39 is 0 Å². The summed E-state index contributed by atoms with van der Waals surface area (Å²) in [5, 5.41) is 0. The summed E-state index contributed by atoms with van der Waals surface area (Å²) in [5.41, 5.74) is 3.07. The first-order valence-corrected chi connectivity index (χ1v) is 7.58. The van der Waals surface area contributed by atoms with Gasteiger partial charge in [-0.2, -0.15) is 0 Å². The van der Waals surface area contributed by atoms with Crippen LogP contribution in [0.3, 0.4) is 0 Å². The Balaban J connectivity index is 2.04. The molecule has 0 saturated heterocycles. The van der Waals surface area contributed by atoms with Crippen molar-refractivity contribution in [2.75, 3.05) is 26.2 Å². The van der Waals surface area contributed by atoms with Crippen molar-refractivity contribution in [1.82, 2.24) is 0 Å². The molecule has 0 atom stereocenters. The number of aryl methyl sites for hydroxylation is 2. The minimum Gasteiger partial charge on any atom is -0.497 e. The highest BCUT2D eigenvalue weighted by molar-refractivity contribution is 5.92. The van der Waals surface area contributed by atoms with Crippen LogP contribution in [-0.2, 0) is 11.2 Å². The van der Waals surface area contributed by atoms with Crippen LogP contribution >= 0.6 is 0 Å². The molecule has 0 aliphatic heterocycles. The molecular formula is C19H23NO3. The van der Waals surface area contributed by atoms with Crippen LogP contribution < -0.4 is 14.4 Å². The summed E-state index contributed by atoms with van der Waals surface area (Å²) in [6.45, 7) is 2.02. The zero-order valence-corrected chi connectivity index (χ0v) is 14.1. The van der Waals surface area contributed by atoms with E-state index in [2.05, 4.69) is 0 Å². The summed E-state index contributed by atoms with van der Waals surface area (Å²) in [6.07, 6.45) is 1.07. The third kappa shape index (κ3) is 4.49. The number of ether oxygens (including phenoxy) is 2. The largest absolute Gasteiger partial charge is 0.497 e. The van der Waals surface area contributed by atoms with E-state index in [1.807, 2.05) is 56.4 Å². The molecule has 0 radical (unpaired) electrons. The molecule has 0 heterocycles. The summed E-state index contributed by atoms with van der Waals surface area (Å²) in [7, 11) is 5.05. The van der Waals surface area contributed by atoms with Gasteiger partial charge >= 0.3 is 0 Å². The van der Waals surface area contributed by atoms with E-state index in [0.717, 1.165) is 28.3 Å². The number of anilines is 1. The standard InChI is InChI=1S/C19H23NO3/c1-14-6-5-7-16(10-14)20(2)19(21)9-8-15-11-17(22-3)13-18(12-15)23-4/h5-7,10-13H,8-9H2,1-4H3. The van der Waals surface area contributed by atoms with Crippen molar-refractivity contribution >= 4 is 11.6 Å². The number of nitrogens with zero attached hydrogens (tertiary/aromatic N) is 1. The fourth-order valence-electron chi connectivity index (χ4n) is 2.41. The summed E-state index contributed by atoms with van der Waals surface area (Å²) in [5.74, 6) is 1.55. The number of hydrogen-bond donors (Lipinski definition) is 0. The van der Waals surface area contributed by atoms with Gasteiger partial charge in [0.1, 0.15) is 11.5 Å². The highest BCUT2D eigenvalue weighted by atomic mass is 16.5. The van der Waals surface area contributed by atoms with Crippen LogP contribution in [0.2, 0.25) is 0 Å². The quantitative estimate of drug-likeness (QED) is 0.818. The lowest BCUT2D eigenvalue weighted by Crippen LogP contribution is -2.26. The maximum absolute atomic E-state index is 12.4. The summed E-state index contributed by atoms with van der Waals surface area (Å²) in [6, 6.07) is 13.6. The molecule has 2 aromatic rings. The first-order valence-electron chi connectivity index (χ1n) is 7.58. The van der Waals surface area contributed by atoms with E-state index in [0.29, 0.717) is 12.8 Å². The Kier molecular flexibility index (Phi) is 5.63. The second kappa shape index (κ2) is 7.68. The number of amides is 1. The zero-order chi connectivity index (χ0) is 16.8. The van der Waals surface area contributed by atoms with Crippen molar-refractivity contribution < 1.29 is 14.3 Å². The molecule has 0 bridgehead atoms. The Labute approximate surface area is 137 Å². The first kappa shape index (κ1) is 16.9. The van der Waals surface area contributed by atoms with Crippen LogP contribution in [0, 0.1) is 6.92 Å². The SMILES string of the molecule is COc1cc(CCC(=O)N(C)c2cccc(C)c2)cc(OC)c1.